The minimum Gasteiger partial charge on any atom is -0.326 e. The van der Waals surface area contributed by atoms with Crippen LogP contribution >= 0.6 is 34.2 Å². The van der Waals surface area contributed by atoms with E-state index in [2.05, 4.69) is 76.1 Å². The van der Waals surface area contributed by atoms with Crippen molar-refractivity contribution in [3.8, 4) is 0 Å². The summed E-state index contributed by atoms with van der Waals surface area (Å²) >= 11 is 8.37. The molecule has 0 spiro atoms. The first-order valence-electron chi connectivity index (χ1n) is 6.97. The van der Waals surface area contributed by atoms with E-state index in [0.29, 0.717) is 11.9 Å². The van der Waals surface area contributed by atoms with Crippen LogP contribution in [0, 0.1) is 3.57 Å². The van der Waals surface area contributed by atoms with Gasteiger partial charge in [-0.15, -0.1) is 11.6 Å². The van der Waals surface area contributed by atoms with Crippen LogP contribution in [0.1, 0.15) is 26.1 Å². The van der Waals surface area contributed by atoms with Crippen LogP contribution in [0.25, 0.3) is 11.0 Å². The summed E-state index contributed by atoms with van der Waals surface area (Å²) < 4.78 is 3.45. The number of hydrogen-bond donors (Lipinski definition) is 0. The van der Waals surface area contributed by atoms with E-state index in [1.807, 2.05) is 0 Å². The number of nitrogens with zero attached hydrogens (tertiary/aromatic N) is 3. The SMILES string of the molecule is CCC(C)N(C)CCn1c(CCl)nc2cc(I)ccc21. The van der Waals surface area contributed by atoms with E-state index < -0.39 is 0 Å². The highest BCUT2D eigenvalue weighted by molar-refractivity contribution is 14.1. The molecule has 0 N–H and O–H groups in total. The predicted octanol–water partition coefficient (Wildman–Crippen LogP) is 4.11. The molecule has 0 radical (unpaired) electrons. The molecule has 0 amide bonds. The van der Waals surface area contributed by atoms with E-state index in [9.17, 15) is 0 Å². The van der Waals surface area contributed by atoms with E-state index in [4.69, 9.17) is 11.6 Å². The third kappa shape index (κ3) is 3.46. The number of likely N-dealkylation sites (N-methyl/N-ethyl adjacent to an activating group) is 1. The lowest BCUT2D eigenvalue weighted by atomic mass is 10.2. The Morgan fingerprint density at radius 3 is 2.85 bits per heavy atom. The van der Waals surface area contributed by atoms with Crippen molar-refractivity contribution in [1.82, 2.24) is 14.5 Å². The Hall–Kier alpha value is -0.330. The highest BCUT2D eigenvalue weighted by atomic mass is 127. The van der Waals surface area contributed by atoms with Crippen LogP contribution in [0.5, 0.6) is 0 Å². The Morgan fingerprint density at radius 1 is 1.45 bits per heavy atom. The molecule has 0 bridgehead atoms. The fourth-order valence-electron chi connectivity index (χ4n) is 2.29. The molecule has 1 heterocycles. The van der Waals surface area contributed by atoms with Gasteiger partial charge >= 0.3 is 0 Å². The van der Waals surface area contributed by atoms with Gasteiger partial charge in [-0.3, -0.25) is 0 Å². The summed E-state index contributed by atoms with van der Waals surface area (Å²) in [6, 6.07) is 6.98. The molecule has 2 aromatic rings. The van der Waals surface area contributed by atoms with E-state index >= 15 is 0 Å². The largest absolute Gasteiger partial charge is 0.326 e. The molecule has 0 aliphatic rings. The monoisotopic (exact) mass is 405 g/mol. The van der Waals surface area contributed by atoms with Gasteiger partial charge < -0.3 is 9.47 Å². The molecule has 20 heavy (non-hydrogen) atoms. The van der Waals surface area contributed by atoms with Crippen LogP contribution in [0.15, 0.2) is 18.2 Å². The van der Waals surface area contributed by atoms with Crippen molar-refractivity contribution < 1.29 is 0 Å². The van der Waals surface area contributed by atoms with Gasteiger partial charge in [-0.25, -0.2) is 4.98 Å². The first kappa shape index (κ1) is 16.0. The number of aromatic nitrogens is 2. The fraction of sp³-hybridized carbons (Fsp3) is 0.533. The summed E-state index contributed by atoms with van der Waals surface area (Å²) in [6.45, 7) is 6.42. The number of benzene rings is 1. The molecule has 1 aromatic carbocycles. The number of imidazole rings is 1. The Labute approximate surface area is 139 Å². The maximum Gasteiger partial charge on any atom is 0.124 e. The molecule has 0 aliphatic carbocycles. The predicted molar refractivity (Wildman–Crippen MR) is 94.4 cm³/mol. The standard InChI is InChI=1S/C15H21ClIN3/c1-4-11(2)19(3)7-8-20-14-6-5-12(17)9-13(14)18-15(20)10-16/h5-6,9,11H,4,7-8,10H2,1-3H3. The van der Waals surface area contributed by atoms with Crippen molar-refractivity contribution in [1.29, 1.82) is 0 Å². The molecule has 3 nitrogen and oxygen atoms in total. The zero-order chi connectivity index (χ0) is 14.7. The van der Waals surface area contributed by atoms with Crippen LogP contribution in [0.2, 0.25) is 0 Å². The third-order valence-electron chi connectivity index (χ3n) is 3.93. The molecule has 5 heteroatoms. The van der Waals surface area contributed by atoms with Crippen LogP contribution < -0.4 is 0 Å². The first-order valence-corrected chi connectivity index (χ1v) is 8.59. The molecule has 0 fully saturated rings. The van der Waals surface area contributed by atoms with Gasteiger partial charge in [0.2, 0.25) is 0 Å². The zero-order valence-electron chi connectivity index (χ0n) is 12.2. The Balaban J connectivity index is 2.24. The van der Waals surface area contributed by atoms with Crippen molar-refractivity contribution in [2.24, 2.45) is 0 Å². The van der Waals surface area contributed by atoms with Crippen molar-refractivity contribution in [2.75, 3.05) is 13.6 Å². The average Bonchev–Trinajstić information content (AvgIpc) is 2.80. The molecule has 110 valence electrons. The molecule has 0 saturated carbocycles. The maximum absolute atomic E-state index is 6.05. The molecule has 1 unspecified atom stereocenters. The van der Waals surface area contributed by atoms with Gasteiger partial charge in [-0.05, 0) is 61.2 Å². The van der Waals surface area contributed by atoms with E-state index in [1.54, 1.807) is 0 Å². The van der Waals surface area contributed by atoms with Gasteiger partial charge in [0.15, 0.2) is 0 Å². The molecule has 2 rings (SSSR count). The number of halogens is 2. The lowest BCUT2D eigenvalue weighted by Crippen LogP contribution is -2.31. The third-order valence-corrected chi connectivity index (χ3v) is 4.84. The van der Waals surface area contributed by atoms with Gasteiger partial charge in [0.05, 0.1) is 16.9 Å². The minimum atomic E-state index is 0.457. The van der Waals surface area contributed by atoms with Crippen molar-refractivity contribution in [3.63, 3.8) is 0 Å². The lowest BCUT2D eigenvalue weighted by Gasteiger charge is -2.24. The first-order chi connectivity index (χ1) is 9.56. The van der Waals surface area contributed by atoms with Gasteiger partial charge in [0, 0.05) is 22.7 Å². The minimum absolute atomic E-state index is 0.457. The number of rotatable bonds is 6. The smallest absolute Gasteiger partial charge is 0.124 e. The van der Waals surface area contributed by atoms with Crippen molar-refractivity contribution >= 4 is 45.2 Å². The lowest BCUT2D eigenvalue weighted by molar-refractivity contribution is 0.243. The van der Waals surface area contributed by atoms with E-state index in [-0.39, 0.29) is 0 Å². The van der Waals surface area contributed by atoms with Crippen LogP contribution in [-0.2, 0) is 12.4 Å². The Morgan fingerprint density at radius 2 is 2.20 bits per heavy atom. The van der Waals surface area contributed by atoms with Crippen molar-refractivity contribution in [3.05, 3.63) is 27.6 Å². The van der Waals surface area contributed by atoms with E-state index in [1.165, 1.54) is 15.5 Å². The summed E-state index contributed by atoms with van der Waals surface area (Å²) in [6.07, 6.45) is 1.17. The second-order valence-corrected chi connectivity index (χ2v) is 6.70. The second-order valence-electron chi connectivity index (χ2n) is 5.18. The normalized spacial score (nSPS) is 13.3. The molecule has 1 aromatic heterocycles. The number of hydrogen-bond acceptors (Lipinski definition) is 2. The summed E-state index contributed by atoms with van der Waals surface area (Å²) in [4.78, 5) is 7.03. The molecule has 1 atom stereocenters. The quantitative estimate of drug-likeness (QED) is 0.533. The van der Waals surface area contributed by atoms with Crippen LogP contribution in [0.3, 0.4) is 0 Å². The molecule has 0 aliphatic heterocycles. The Kier molecular flexibility index (Phi) is 5.69. The van der Waals surface area contributed by atoms with Gasteiger partial charge in [-0.1, -0.05) is 6.92 Å². The molecular weight excluding hydrogens is 385 g/mol. The van der Waals surface area contributed by atoms with E-state index in [0.717, 1.165) is 24.4 Å². The second kappa shape index (κ2) is 7.09. The van der Waals surface area contributed by atoms with Crippen molar-refractivity contribution in [2.45, 2.75) is 38.7 Å². The van der Waals surface area contributed by atoms with Crippen LogP contribution in [0.4, 0.5) is 0 Å². The summed E-state index contributed by atoms with van der Waals surface area (Å²) in [7, 11) is 2.18. The van der Waals surface area contributed by atoms with Gasteiger partial charge in [-0.2, -0.15) is 0 Å². The van der Waals surface area contributed by atoms with Gasteiger partial charge in [0.25, 0.3) is 0 Å². The topological polar surface area (TPSA) is 21.1 Å². The molecule has 0 saturated heterocycles. The average molecular weight is 406 g/mol. The molecular formula is C15H21ClIN3. The number of fused-ring (bicyclic) bond motifs is 1. The highest BCUT2D eigenvalue weighted by Gasteiger charge is 2.12. The number of alkyl halides is 1. The van der Waals surface area contributed by atoms with Crippen LogP contribution in [-0.4, -0.2) is 34.1 Å². The zero-order valence-corrected chi connectivity index (χ0v) is 15.1. The van der Waals surface area contributed by atoms with Gasteiger partial charge in [0.1, 0.15) is 5.82 Å². The highest BCUT2D eigenvalue weighted by Crippen LogP contribution is 2.20. The Bertz CT molecular complexity index is 582. The summed E-state index contributed by atoms with van der Waals surface area (Å²) in [5.74, 6) is 1.42. The summed E-state index contributed by atoms with van der Waals surface area (Å²) in [5.41, 5.74) is 2.22. The summed E-state index contributed by atoms with van der Waals surface area (Å²) in [5, 5.41) is 0. The maximum atomic E-state index is 6.05. The fourth-order valence-corrected chi connectivity index (χ4v) is 2.97.